The first-order valence-electron chi connectivity index (χ1n) is 6.30. The van der Waals surface area contributed by atoms with Gasteiger partial charge < -0.3 is 15.1 Å². The zero-order chi connectivity index (χ0) is 12.4. The van der Waals surface area contributed by atoms with E-state index >= 15 is 0 Å². The summed E-state index contributed by atoms with van der Waals surface area (Å²) in [5.41, 5.74) is 0.930. The summed E-state index contributed by atoms with van der Waals surface area (Å²) < 4.78 is 5.74. The lowest BCUT2D eigenvalue weighted by atomic mass is 10.2. The van der Waals surface area contributed by atoms with E-state index in [2.05, 4.69) is 27.8 Å². The topological polar surface area (TPSA) is 49.6 Å². The Hall–Kier alpha value is -1.97. The molecule has 3 rings (SSSR count). The minimum Gasteiger partial charge on any atom is -0.459 e. The van der Waals surface area contributed by atoms with Crippen molar-refractivity contribution < 1.29 is 4.42 Å². The smallest absolute Gasteiger partial charge is 0.191 e. The molecule has 1 aliphatic carbocycles. The minimum atomic E-state index is 0.604. The SMILES string of the molecule is CN=C(NCc1cc2ccccc2o1)NC1CC1. The van der Waals surface area contributed by atoms with Gasteiger partial charge in [0.25, 0.3) is 0 Å². The van der Waals surface area contributed by atoms with E-state index in [1.165, 1.54) is 12.8 Å². The number of furan rings is 1. The van der Waals surface area contributed by atoms with Crippen LogP contribution in [0.1, 0.15) is 18.6 Å². The van der Waals surface area contributed by atoms with E-state index in [-0.39, 0.29) is 0 Å². The summed E-state index contributed by atoms with van der Waals surface area (Å²) in [6, 6.07) is 10.7. The average Bonchev–Trinajstić information content (AvgIpc) is 3.11. The Balaban J connectivity index is 1.64. The van der Waals surface area contributed by atoms with Gasteiger partial charge in [0.15, 0.2) is 5.96 Å². The Kier molecular flexibility index (Phi) is 2.92. The van der Waals surface area contributed by atoms with E-state index in [0.29, 0.717) is 12.6 Å². The van der Waals surface area contributed by atoms with E-state index in [0.717, 1.165) is 22.7 Å². The molecule has 1 fully saturated rings. The van der Waals surface area contributed by atoms with Gasteiger partial charge >= 0.3 is 0 Å². The first-order chi connectivity index (χ1) is 8.85. The third-order valence-corrected chi connectivity index (χ3v) is 3.05. The molecule has 2 aromatic rings. The normalized spacial score (nSPS) is 15.9. The maximum absolute atomic E-state index is 5.74. The molecule has 4 heteroatoms. The third kappa shape index (κ3) is 2.47. The molecule has 0 atom stereocenters. The monoisotopic (exact) mass is 243 g/mol. The summed E-state index contributed by atoms with van der Waals surface area (Å²) in [5, 5.41) is 7.74. The predicted molar refractivity (Wildman–Crippen MR) is 72.6 cm³/mol. The molecule has 0 bridgehead atoms. The number of aliphatic imine (C=N–C) groups is 1. The van der Waals surface area contributed by atoms with E-state index < -0.39 is 0 Å². The standard InChI is InChI=1S/C14H17N3O/c1-15-14(17-11-6-7-11)16-9-12-8-10-4-2-3-5-13(10)18-12/h2-5,8,11H,6-7,9H2,1H3,(H2,15,16,17). The van der Waals surface area contributed by atoms with Crippen molar-refractivity contribution in [2.45, 2.75) is 25.4 Å². The Morgan fingerprint density at radius 1 is 1.39 bits per heavy atom. The predicted octanol–water partition coefficient (Wildman–Crippen LogP) is 2.26. The number of nitrogens with one attached hydrogen (secondary N) is 2. The molecule has 0 saturated heterocycles. The van der Waals surface area contributed by atoms with Gasteiger partial charge in [-0.2, -0.15) is 0 Å². The van der Waals surface area contributed by atoms with Crippen molar-refractivity contribution in [3.05, 3.63) is 36.1 Å². The van der Waals surface area contributed by atoms with Crippen molar-refractivity contribution in [3.8, 4) is 0 Å². The highest BCUT2D eigenvalue weighted by atomic mass is 16.3. The lowest BCUT2D eigenvalue weighted by Crippen LogP contribution is -2.37. The molecule has 18 heavy (non-hydrogen) atoms. The van der Waals surface area contributed by atoms with E-state index in [9.17, 15) is 0 Å². The van der Waals surface area contributed by atoms with Crippen molar-refractivity contribution in [3.63, 3.8) is 0 Å². The lowest BCUT2D eigenvalue weighted by Gasteiger charge is -2.09. The van der Waals surface area contributed by atoms with Crippen LogP contribution in [0.15, 0.2) is 39.7 Å². The summed E-state index contributed by atoms with van der Waals surface area (Å²) in [5.74, 6) is 1.77. The van der Waals surface area contributed by atoms with Crippen LogP contribution < -0.4 is 10.6 Å². The summed E-state index contributed by atoms with van der Waals surface area (Å²) in [4.78, 5) is 4.19. The number of guanidine groups is 1. The second-order valence-corrected chi connectivity index (χ2v) is 4.59. The molecule has 94 valence electrons. The molecule has 1 heterocycles. The molecule has 0 unspecified atom stereocenters. The van der Waals surface area contributed by atoms with Crippen LogP contribution in [0.4, 0.5) is 0 Å². The number of hydrogen-bond acceptors (Lipinski definition) is 2. The van der Waals surface area contributed by atoms with E-state index in [4.69, 9.17) is 4.42 Å². The third-order valence-electron chi connectivity index (χ3n) is 3.05. The second kappa shape index (κ2) is 4.72. The molecule has 0 aliphatic heterocycles. The maximum atomic E-state index is 5.74. The molecule has 1 aromatic carbocycles. The Morgan fingerprint density at radius 2 is 2.22 bits per heavy atom. The zero-order valence-corrected chi connectivity index (χ0v) is 10.4. The van der Waals surface area contributed by atoms with Crippen LogP contribution in [-0.2, 0) is 6.54 Å². The first-order valence-corrected chi connectivity index (χ1v) is 6.30. The van der Waals surface area contributed by atoms with Crippen LogP contribution in [0.3, 0.4) is 0 Å². The Labute approximate surface area is 106 Å². The second-order valence-electron chi connectivity index (χ2n) is 4.59. The maximum Gasteiger partial charge on any atom is 0.191 e. The molecule has 1 aliphatic rings. The average molecular weight is 243 g/mol. The number of hydrogen-bond donors (Lipinski definition) is 2. The zero-order valence-electron chi connectivity index (χ0n) is 10.4. The molecule has 1 aromatic heterocycles. The summed E-state index contributed by atoms with van der Waals surface area (Å²) in [6.45, 7) is 0.654. The van der Waals surface area contributed by atoms with Gasteiger partial charge in [-0.1, -0.05) is 18.2 Å². The molecule has 1 saturated carbocycles. The lowest BCUT2D eigenvalue weighted by molar-refractivity contribution is 0.538. The summed E-state index contributed by atoms with van der Waals surface area (Å²) in [7, 11) is 1.79. The molecular formula is C14H17N3O. The molecule has 0 spiro atoms. The molecular weight excluding hydrogens is 226 g/mol. The quantitative estimate of drug-likeness (QED) is 0.642. The van der Waals surface area contributed by atoms with E-state index in [1.54, 1.807) is 7.05 Å². The van der Waals surface area contributed by atoms with Crippen LogP contribution >= 0.6 is 0 Å². The van der Waals surface area contributed by atoms with Crippen molar-refractivity contribution in [2.75, 3.05) is 7.05 Å². The fourth-order valence-electron chi connectivity index (χ4n) is 1.91. The van der Waals surface area contributed by atoms with Gasteiger partial charge in [-0.25, -0.2) is 0 Å². The Bertz CT molecular complexity index is 536. The van der Waals surface area contributed by atoms with Crippen LogP contribution in [0, 0.1) is 0 Å². The molecule has 0 radical (unpaired) electrons. The van der Waals surface area contributed by atoms with Crippen molar-refractivity contribution in [2.24, 2.45) is 4.99 Å². The summed E-state index contributed by atoms with van der Waals surface area (Å²) in [6.07, 6.45) is 2.48. The first kappa shape index (κ1) is 11.1. The van der Waals surface area contributed by atoms with Gasteiger partial charge in [-0.05, 0) is 25.0 Å². The number of benzene rings is 1. The minimum absolute atomic E-state index is 0.604. The largest absolute Gasteiger partial charge is 0.459 e. The Morgan fingerprint density at radius 3 is 2.94 bits per heavy atom. The van der Waals surface area contributed by atoms with Gasteiger partial charge in [-0.15, -0.1) is 0 Å². The van der Waals surface area contributed by atoms with Crippen LogP contribution in [0.5, 0.6) is 0 Å². The van der Waals surface area contributed by atoms with Crippen molar-refractivity contribution in [1.29, 1.82) is 0 Å². The fourth-order valence-corrected chi connectivity index (χ4v) is 1.91. The number of nitrogens with zero attached hydrogens (tertiary/aromatic N) is 1. The van der Waals surface area contributed by atoms with Gasteiger partial charge in [0.2, 0.25) is 0 Å². The van der Waals surface area contributed by atoms with Crippen LogP contribution in [0.2, 0.25) is 0 Å². The molecule has 2 N–H and O–H groups in total. The fraction of sp³-hybridized carbons (Fsp3) is 0.357. The molecule has 4 nitrogen and oxygen atoms in total. The van der Waals surface area contributed by atoms with Gasteiger partial charge in [0, 0.05) is 18.5 Å². The van der Waals surface area contributed by atoms with Gasteiger partial charge in [0.05, 0.1) is 6.54 Å². The van der Waals surface area contributed by atoms with Crippen LogP contribution in [0.25, 0.3) is 11.0 Å². The van der Waals surface area contributed by atoms with E-state index in [1.807, 2.05) is 18.2 Å². The van der Waals surface area contributed by atoms with Crippen molar-refractivity contribution >= 4 is 16.9 Å². The highest BCUT2D eigenvalue weighted by molar-refractivity contribution is 5.81. The van der Waals surface area contributed by atoms with Gasteiger partial charge in [-0.3, -0.25) is 4.99 Å². The molecule has 0 amide bonds. The number of fused-ring (bicyclic) bond motifs is 1. The van der Waals surface area contributed by atoms with Crippen molar-refractivity contribution in [1.82, 2.24) is 10.6 Å². The van der Waals surface area contributed by atoms with Crippen LogP contribution in [-0.4, -0.2) is 19.0 Å². The highest BCUT2D eigenvalue weighted by Crippen LogP contribution is 2.19. The highest BCUT2D eigenvalue weighted by Gasteiger charge is 2.22. The summed E-state index contributed by atoms with van der Waals surface area (Å²) >= 11 is 0. The van der Waals surface area contributed by atoms with Gasteiger partial charge in [0.1, 0.15) is 11.3 Å². The number of rotatable bonds is 3. The number of para-hydroxylation sites is 1.